The van der Waals surface area contributed by atoms with Gasteiger partial charge >= 0.3 is 0 Å². The van der Waals surface area contributed by atoms with Gasteiger partial charge in [-0.3, -0.25) is 4.68 Å². The highest BCUT2D eigenvalue weighted by molar-refractivity contribution is 5.59. The number of hydrogen-bond donors (Lipinski definition) is 2. The Morgan fingerprint density at radius 1 is 1.29 bits per heavy atom. The van der Waals surface area contributed by atoms with E-state index < -0.39 is 0 Å². The zero-order valence-corrected chi connectivity index (χ0v) is 14.2. The van der Waals surface area contributed by atoms with Crippen LogP contribution in [-0.2, 0) is 18.3 Å². The molecule has 2 heterocycles. The molecule has 3 N–H and O–H groups in total. The number of aryl methyl sites for hydroxylation is 1. The zero-order valence-electron chi connectivity index (χ0n) is 14.2. The van der Waals surface area contributed by atoms with E-state index in [0.717, 1.165) is 30.8 Å². The number of aromatic nitrogens is 2. The molecule has 1 atom stereocenters. The number of rotatable bonds is 5. The molecule has 128 valence electrons. The molecule has 0 bridgehead atoms. The molecule has 0 amide bonds. The normalized spacial score (nSPS) is 29.1. The quantitative estimate of drug-likeness (QED) is 0.883. The van der Waals surface area contributed by atoms with Gasteiger partial charge in [0.25, 0.3) is 0 Å². The highest BCUT2D eigenvalue weighted by Gasteiger charge is 2.49. The fraction of sp³-hybridized carbons (Fsp3) is 0.526. The van der Waals surface area contributed by atoms with Crippen LogP contribution >= 0.6 is 0 Å². The summed E-state index contributed by atoms with van der Waals surface area (Å²) in [5.41, 5.74) is 9.53. The van der Waals surface area contributed by atoms with Gasteiger partial charge in [0.1, 0.15) is 0 Å². The fourth-order valence-electron chi connectivity index (χ4n) is 4.13. The van der Waals surface area contributed by atoms with Gasteiger partial charge in [-0.05, 0) is 30.7 Å². The van der Waals surface area contributed by atoms with Gasteiger partial charge in [-0.25, -0.2) is 0 Å². The van der Waals surface area contributed by atoms with Crippen molar-refractivity contribution >= 4 is 0 Å². The van der Waals surface area contributed by atoms with Gasteiger partial charge in [0.05, 0.1) is 24.1 Å². The van der Waals surface area contributed by atoms with Crippen LogP contribution in [0.5, 0.6) is 0 Å². The van der Waals surface area contributed by atoms with Gasteiger partial charge in [-0.15, -0.1) is 0 Å². The summed E-state index contributed by atoms with van der Waals surface area (Å²) in [5, 5.41) is 8.31. The average Bonchev–Trinajstić information content (AvgIpc) is 3.17. The summed E-state index contributed by atoms with van der Waals surface area (Å²) in [6.45, 7) is 2.40. The first kappa shape index (κ1) is 15.8. The summed E-state index contributed by atoms with van der Waals surface area (Å²) >= 11 is 0. The summed E-state index contributed by atoms with van der Waals surface area (Å²) in [4.78, 5) is 0. The van der Waals surface area contributed by atoms with Gasteiger partial charge in [-0.2, -0.15) is 5.10 Å². The number of nitrogens with one attached hydrogen (secondary N) is 1. The topological polar surface area (TPSA) is 65.1 Å². The lowest BCUT2D eigenvalue weighted by molar-refractivity contribution is 0.0485. The number of nitrogens with two attached hydrogens (primary N) is 1. The van der Waals surface area contributed by atoms with Gasteiger partial charge in [0.15, 0.2) is 0 Å². The van der Waals surface area contributed by atoms with Crippen LogP contribution in [0, 0.1) is 5.41 Å². The Kier molecular flexibility index (Phi) is 4.16. The Morgan fingerprint density at radius 2 is 2.08 bits per heavy atom. The first-order chi connectivity index (χ1) is 11.7. The smallest absolute Gasteiger partial charge is 0.0926 e. The van der Waals surface area contributed by atoms with E-state index in [-0.39, 0.29) is 6.10 Å². The van der Waals surface area contributed by atoms with Crippen molar-refractivity contribution in [3.8, 4) is 11.3 Å². The van der Waals surface area contributed by atoms with Crippen molar-refractivity contribution < 1.29 is 4.74 Å². The lowest BCUT2D eigenvalue weighted by atomic mass is 9.64. The van der Waals surface area contributed by atoms with Crippen molar-refractivity contribution in [3.63, 3.8) is 0 Å². The predicted molar refractivity (Wildman–Crippen MR) is 94.4 cm³/mol. The molecule has 24 heavy (non-hydrogen) atoms. The second-order valence-corrected chi connectivity index (χ2v) is 7.37. The lowest BCUT2D eigenvalue weighted by Gasteiger charge is -2.44. The minimum atomic E-state index is 0.274. The molecular weight excluding hydrogens is 300 g/mol. The fourth-order valence-corrected chi connectivity index (χ4v) is 4.13. The maximum Gasteiger partial charge on any atom is 0.0926 e. The first-order valence-electron chi connectivity index (χ1n) is 8.81. The minimum Gasteiger partial charge on any atom is -0.376 e. The van der Waals surface area contributed by atoms with Crippen LogP contribution < -0.4 is 11.1 Å². The predicted octanol–water partition coefficient (Wildman–Crippen LogP) is 2.07. The van der Waals surface area contributed by atoms with E-state index in [1.165, 1.54) is 18.5 Å². The van der Waals surface area contributed by atoms with Crippen LogP contribution in [0.2, 0.25) is 0 Å². The summed E-state index contributed by atoms with van der Waals surface area (Å²) < 4.78 is 7.75. The zero-order chi connectivity index (χ0) is 16.6. The molecule has 5 nitrogen and oxygen atoms in total. The Labute approximate surface area is 143 Å². The molecule has 1 saturated carbocycles. The molecule has 1 aliphatic heterocycles. The third-order valence-electron chi connectivity index (χ3n) is 5.53. The molecule has 1 saturated heterocycles. The Hall–Kier alpha value is -1.69. The molecule has 5 heteroatoms. The third kappa shape index (κ3) is 2.99. The van der Waals surface area contributed by atoms with E-state index in [0.29, 0.717) is 18.0 Å². The third-order valence-corrected chi connectivity index (χ3v) is 5.53. The monoisotopic (exact) mass is 326 g/mol. The molecule has 2 aliphatic rings. The second-order valence-electron chi connectivity index (χ2n) is 7.37. The maximum absolute atomic E-state index is 5.78. The molecule has 1 aliphatic carbocycles. The molecule has 1 aromatic carbocycles. The number of ether oxygens (including phenoxy) is 1. The molecular formula is C19H26N4O. The molecule has 2 fully saturated rings. The van der Waals surface area contributed by atoms with Crippen molar-refractivity contribution in [2.45, 2.75) is 38.0 Å². The molecule has 1 unspecified atom stereocenters. The Bertz CT molecular complexity index is 691. The van der Waals surface area contributed by atoms with Crippen LogP contribution in [0.3, 0.4) is 0 Å². The van der Waals surface area contributed by atoms with E-state index in [1.54, 1.807) is 0 Å². The largest absolute Gasteiger partial charge is 0.376 e. The maximum atomic E-state index is 5.78. The average molecular weight is 326 g/mol. The molecule has 4 rings (SSSR count). The van der Waals surface area contributed by atoms with Gasteiger partial charge in [0.2, 0.25) is 0 Å². The Balaban J connectivity index is 1.32. The van der Waals surface area contributed by atoms with Crippen LogP contribution in [0.25, 0.3) is 11.3 Å². The summed E-state index contributed by atoms with van der Waals surface area (Å²) in [5.74, 6) is 0. The number of nitrogens with zero attached hydrogens (tertiary/aromatic N) is 2. The van der Waals surface area contributed by atoms with Crippen LogP contribution in [0.15, 0.2) is 36.4 Å². The van der Waals surface area contributed by atoms with Gasteiger partial charge in [0, 0.05) is 31.7 Å². The van der Waals surface area contributed by atoms with Crippen molar-refractivity contribution in [1.29, 1.82) is 0 Å². The van der Waals surface area contributed by atoms with E-state index >= 15 is 0 Å². The van der Waals surface area contributed by atoms with Crippen molar-refractivity contribution in [3.05, 3.63) is 42.1 Å². The second kappa shape index (κ2) is 6.31. The molecule has 1 spiro atoms. The van der Waals surface area contributed by atoms with Crippen molar-refractivity contribution in [2.24, 2.45) is 18.2 Å². The first-order valence-corrected chi connectivity index (χ1v) is 8.81. The standard InChI is InChI=1S/C19H26N4O/c1-23-16(7-18(22-23)14-5-3-2-4-6-14)12-21-15-8-19(9-15)10-17(11-20)24-13-19/h2-7,15,17,21H,8-13,20H2,1H3. The SMILES string of the molecule is Cn1nc(-c2ccccc2)cc1CNC1CC2(COC(CN)C2)C1. The van der Waals surface area contributed by atoms with E-state index in [4.69, 9.17) is 10.5 Å². The number of benzene rings is 1. The van der Waals surface area contributed by atoms with E-state index in [2.05, 4.69) is 28.6 Å². The highest BCUT2D eigenvalue weighted by Crippen LogP contribution is 2.49. The number of hydrogen-bond acceptors (Lipinski definition) is 4. The minimum absolute atomic E-state index is 0.274. The summed E-state index contributed by atoms with van der Waals surface area (Å²) in [6.07, 6.45) is 3.81. The molecule has 0 radical (unpaired) electrons. The molecule has 1 aromatic heterocycles. The van der Waals surface area contributed by atoms with Crippen LogP contribution in [0.4, 0.5) is 0 Å². The molecule has 2 aromatic rings. The van der Waals surface area contributed by atoms with Gasteiger partial charge < -0.3 is 15.8 Å². The van der Waals surface area contributed by atoms with Crippen LogP contribution in [-0.4, -0.2) is 35.1 Å². The van der Waals surface area contributed by atoms with E-state index in [1.807, 2.05) is 29.9 Å². The van der Waals surface area contributed by atoms with Gasteiger partial charge in [-0.1, -0.05) is 30.3 Å². The Morgan fingerprint density at radius 3 is 2.79 bits per heavy atom. The highest BCUT2D eigenvalue weighted by atomic mass is 16.5. The van der Waals surface area contributed by atoms with Crippen molar-refractivity contribution in [2.75, 3.05) is 13.2 Å². The van der Waals surface area contributed by atoms with Crippen molar-refractivity contribution in [1.82, 2.24) is 15.1 Å². The van der Waals surface area contributed by atoms with E-state index in [9.17, 15) is 0 Å². The van der Waals surface area contributed by atoms with Crippen LogP contribution in [0.1, 0.15) is 25.0 Å². The summed E-state index contributed by atoms with van der Waals surface area (Å²) in [7, 11) is 2.02. The lowest BCUT2D eigenvalue weighted by Crippen LogP contribution is -2.49. The summed E-state index contributed by atoms with van der Waals surface area (Å²) in [6, 6.07) is 13.1.